The molecule has 0 atom stereocenters. The van der Waals surface area contributed by atoms with Crippen LogP contribution in [0.3, 0.4) is 0 Å². The first-order chi connectivity index (χ1) is 17.0. The number of carbonyl (C=O) groups is 2. The van der Waals surface area contributed by atoms with Crippen LogP contribution in [0, 0.1) is 0 Å². The number of piperidine rings is 2. The fraction of sp³-hybridized carbons (Fsp3) is 0.704. The lowest BCUT2D eigenvalue weighted by molar-refractivity contribution is -0.136. The molecule has 3 aliphatic rings. The van der Waals surface area contributed by atoms with Crippen molar-refractivity contribution >= 4 is 11.9 Å². The molecule has 0 bridgehead atoms. The predicted molar refractivity (Wildman–Crippen MR) is 135 cm³/mol. The van der Waals surface area contributed by atoms with Crippen molar-refractivity contribution in [2.24, 2.45) is 0 Å². The van der Waals surface area contributed by atoms with Crippen LogP contribution in [-0.2, 0) is 16.1 Å². The summed E-state index contributed by atoms with van der Waals surface area (Å²) >= 11 is 0. The highest BCUT2D eigenvalue weighted by Gasteiger charge is 2.57. The maximum Gasteiger partial charge on any atom is 0.327 e. The number of hydrogen-bond donors (Lipinski definition) is 0. The lowest BCUT2D eigenvalue weighted by Gasteiger charge is -2.46. The Morgan fingerprint density at radius 1 is 0.971 bits per heavy atom. The number of carbonyl (C=O) groups excluding carboxylic acids is 2. The normalized spacial score (nSPS) is 21.9. The highest BCUT2D eigenvalue weighted by molar-refractivity contribution is 6.07. The second-order valence-electron chi connectivity index (χ2n) is 10.2. The Balaban J connectivity index is 1.45. The van der Waals surface area contributed by atoms with Gasteiger partial charge in [0.2, 0.25) is 0 Å². The first kappa shape index (κ1) is 25.9. The molecule has 3 heterocycles. The van der Waals surface area contributed by atoms with E-state index < -0.39 is 5.54 Å². The molecule has 0 saturated carbocycles. The van der Waals surface area contributed by atoms with Crippen LogP contribution in [-0.4, -0.2) is 103 Å². The minimum atomic E-state index is -0.725. The first-order valence-electron chi connectivity index (χ1n) is 13.2. The molecule has 0 aliphatic carbocycles. The lowest BCUT2D eigenvalue weighted by atomic mass is 9.84. The van der Waals surface area contributed by atoms with Crippen LogP contribution in [0.5, 0.6) is 5.75 Å². The van der Waals surface area contributed by atoms with Gasteiger partial charge in [-0.1, -0.05) is 19.1 Å². The zero-order valence-corrected chi connectivity index (χ0v) is 21.7. The van der Waals surface area contributed by atoms with Crippen molar-refractivity contribution in [2.45, 2.75) is 63.6 Å². The highest BCUT2D eigenvalue weighted by atomic mass is 16.5. The van der Waals surface area contributed by atoms with E-state index in [4.69, 9.17) is 9.47 Å². The van der Waals surface area contributed by atoms with Crippen LogP contribution in [0.25, 0.3) is 0 Å². The average Bonchev–Trinajstić information content (AvgIpc) is 3.07. The van der Waals surface area contributed by atoms with Gasteiger partial charge < -0.3 is 24.2 Å². The predicted octanol–water partition coefficient (Wildman–Crippen LogP) is 3.20. The molecule has 3 amide bonds. The zero-order chi connectivity index (χ0) is 24.8. The van der Waals surface area contributed by atoms with Crippen molar-refractivity contribution in [3.63, 3.8) is 0 Å². The van der Waals surface area contributed by atoms with Gasteiger partial charge >= 0.3 is 6.03 Å². The van der Waals surface area contributed by atoms with Crippen molar-refractivity contribution in [3.05, 3.63) is 29.8 Å². The maximum absolute atomic E-state index is 13.8. The summed E-state index contributed by atoms with van der Waals surface area (Å²) in [5, 5.41) is 0. The molecule has 3 saturated heterocycles. The number of ether oxygens (including phenoxy) is 2. The second kappa shape index (κ2) is 11.7. The van der Waals surface area contributed by atoms with Gasteiger partial charge in [0.15, 0.2) is 0 Å². The Labute approximate surface area is 210 Å². The molecule has 3 fully saturated rings. The molecular weight excluding hydrogens is 444 g/mol. The van der Waals surface area contributed by atoms with Crippen LogP contribution in [0.1, 0.15) is 51.0 Å². The van der Waals surface area contributed by atoms with E-state index >= 15 is 0 Å². The summed E-state index contributed by atoms with van der Waals surface area (Å²) in [5.74, 6) is 0.728. The summed E-state index contributed by atoms with van der Waals surface area (Å²) in [4.78, 5) is 35.8. The molecule has 8 nitrogen and oxygen atoms in total. The van der Waals surface area contributed by atoms with Gasteiger partial charge in [0.1, 0.15) is 11.3 Å². The van der Waals surface area contributed by atoms with E-state index in [2.05, 4.69) is 16.7 Å². The van der Waals surface area contributed by atoms with E-state index in [-0.39, 0.29) is 11.9 Å². The van der Waals surface area contributed by atoms with Gasteiger partial charge in [0, 0.05) is 39.4 Å². The number of nitrogens with zero attached hydrogens (tertiary/aromatic N) is 4. The summed E-state index contributed by atoms with van der Waals surface area (Å²) in [6.07, 6.45) is 5.74. The van der Waals surface area contributed by atoms with Crippen LogP contribution in [0.2, 0.25) is 0 Å². The van der Waals surface area contributed by atoms with Gasteiger partial charge in [-0.3, -0.25) is 9.69 Å². The van der Waals surface area contributed by atoms with Crippen LogP contribution in [0.4, 0.5) is 4.79 Å². The smallest absolute Gasteiger partial charge is 0.327 e. The highest BCUT2D eigenvalue weighted by Crippen LogP contribution is 2.39. The van der Waals surface area contributed by atoms with Crippen LogP contribution >= 0.6 is 0 Å². The Hall–Kier alpha value is -2.16. The zero-order valence-electron chi connectivity index (χ0n) is 21.7. The molecule has 0 unspecified atom stereocenters. The number of likely N-dealkylation sites (tertiary alicyclic amines) is 2. The van der Waals surface area contributed by atoms with E-state index in [0.29, 0.717) is 38.6 Å². The summed E-state index contributed by atoms with van der Waals surface area (Å²) in [5.41, 5.74) is 0.203. The number of imide groups is 1. The van der Waals surface area contributed by atoms with Gasteiger partial charge in [-0.05, 0) is 75.9 Å². The Bertz CT molecular complexity index is 845. The topological polar surface area (TPSA) is 65.6 Å². The van der Waals surface area contributed by atoms with E-state index in [1.54, 1.807) is 14.2 Å². The number of hydrogen-bond acceptors (Lipinski definition) is 6. The molecule has 0 N–H and O–H groups in total. The Morgan fingerprint density at radius 2 is 1.66 bits per heavy atom. The van der Waals surface area contributed by atoms with Gasteiger partial charge in [-0.2, -0.15) is 0 Å². The fourth-order valence-corrected chi connectivity index (χ4v) is 6.08. The van der Waals surface area contributed by atoms with Crippen molar-refractivity contribution < 1.29 is 19.1 Å². The first-order valence-corrected chi connectivity index (χ1v) is 13.2. The molecule has 1 aromatic rings. The molecule has 0 aromatic heterocycles. The number of urea groups is 1. The third kappa shape index (κ3) is 5.49. The van der Waals surface area contributed by atoms with Crippen LogP contribution in [0.15, 0.2) is 24.3 Å². The van der Waals surface area contributed by atoms with Gasteiger partial charge in [0.25, 0.3) is 5.91 Å². The molecule has 8 heteroatoms. The van der Waals surface area contributed by atoms with Crippen molar-refractivity contribution in [1.29, 1.82) is 0 Å². The molecular formula is C27H42N4O4. The minimum absolute atomic E-state index is 0.0341. The van der Waals surface area contributed by atoms with E-state index in [9.17, 15) is 9.59 Å². The largest absolute Gasteiger partial charge is 0.497 e. The number of amides is 3. The number of rotatable bonds is 10. The van der Waals surface area contributed by atoms with E-state index in [1.165, 1.54) is 30.7 Å². The Morgan fingerprint density at radius 3 is 2.26 bits per heavy atom. The van der Waals surface area contributed by atoms with Crippen molar-refractivity contribution in [2.75, 3.05) is 60.1 Å². The number of methoxy groups -OCH3 is 2. The van der Waals surface area contributed by atoms with Crippen LogP contribution < -0.4 is 4.74 Å². The summed E-state index contributed by atoms with van der Waals surface area (Å²) in [7, 11) is 3.30. The van der Waals surface area contributed by atoms with Gasteiger partial charge in [-0.15, -0.1) is 0 Å². The molecule has 3 aliphatic heterocycles. The third-order valence-corrected chi connectivity index (χ3v) is 8.09. The molecule has 35 heavy (non-hydrogen) atoms. The Kier molecular flexibility index (Phi) is 8.68. The van der Waals surface area contributed by atoms with Gasteiger partial charge in [0.05, 0.1) is 13.7 Å². The quantitative estimate of drug-likeness (QED) is 0.374. The fourth-order valence-electron chi connectivity index (χ4n) is 6.08. The maximum atomic E-state index is 13.8. The number of benzene rings is 1. The minimum Gasteiger partial charge on any atom is -0.497 e. The second-order valence-corrected chi connectivity index (χ2v) is 10.2. The SMILES string of the molecule is CCCN1CCC(N2CCC3(CC2)C(=O)N(Cc2ccc(OC)cc2)C(=O)N3CCCOC)CC1. The summed E-state index contributed by atoms with van der Waals surface area (Å²) in [6, 6.07) is 8.02. The molecule has 4 rings (SSSR count). The van der Waals surface area contributed by atoms with Crippen molar-refractivity contribution in [1.82, 2.24) is 19.6 Å². The summed E-state index contributed by atoms with van der Waals surface area (Å²) < 4.78 is 10.5. The van der Waals surface area contributed by atoms with Gasteiger partial charge in [-0.25, -0.2) is 4.79 Å². The standard InChI is InChI=1S/C27H42N4O4/c1-4-14-28-16-10-23(11-17-28)29-18-12-27(13-19-29)25(32)30(26(33)31(27)15-5-20-34-2)21-22-6-8-24(35-3)9-7-22/h6-9,23H,4-5,10-21H2,1-3H3. The molecule has 194 valence electrons. The lowest BCUT2D eigenvalue weighted by Crippen LogP contribution is -2.59. The summed E-state index contributed by atoms with van der Waals surface area (Å²) in [6.45, 7) is 8.92. The van der Waals surface area contributed by atoms with Crippen molar-refractivity contribution in [3.8, 4) is 5.75 Å². The van der Waals surface area contributed by atoms with E-state index in [0.717, 1.165) is 43.9 Å². The monoisotopic (exact) mass is 486 g/mol. The molecule has 1 aromatic carbocycles. The average molecular weight is 487 g/mol. The molecule has 0 radical (unpaired) electrons. The van der Waals surface area contributed by atoms with E-state index in [1.807, 2.05) is 29.2 Å². The third-order valence-electron chi connectivity index (χ3n) is 8.09. The molecule has 1 spiro atoms.